The van der Waals surface area contributed by atoms with Crippen molar-refractivity contribution < 1.29 is 9.13 Å². The molecule has 0 saturated carbocycles. The molecular formula is C20H17Cl3FN3OS. The highest BCUT2D eigenvalue weighted by Gasteiger charge is 2.20. The van der Waals surface area contributed by atoms with E-state index in [1.165, 1.54) is 30.0 Å². The molecule has 0 aliphatic carbocycles. The topological polar surface area (TPSA) is 39.9 Å². The minimum Gasteiger partial charge on any atom is -0.481 e. The zero-order valence-corrected chi connectivity index (χ0v) is 18.5. The lowest BCUT2D eigenvalue weighted by Gasteiger charge is -2.16. The summed E-state index contributed by atoms with van der Waals surface area (Å²) in [6.45, 7) is 6.14. The van der Waals surface area contributed by atoms with Gasteiger partial charge >= 0.3 is 0 Å². The Hall–Kier alpha value is -1.73. The number of thioether (sulfide) groups is 1. The monoisotopic (exact) mass is 471 g/mol. The van der Waals surface area contributed by atoms with E-state index in [9.17, 15) is 4.39 Å². The Balaban J connectivity index is 1.78. The predicted molar refractivity (Wildman–Crippen MR) is 117 cm³/mol. The number of rotatable bonds is 8. The number of nitrogens with zero attached hydrogens (tertiary/aromatic N) is 3. The summed E-state index contributed by atoms with van der Waals surface area (Å²) >= 11 is 19.6. The molecule has 0 saturated heterocycles. The third-order valence-electron chi connectivity index (χ3n) is 3.97. The molecule has 1 heterocycles. The molecule has 0 bridgehead atoms. The van der Waals surface area contributed by atoms with Crippen molar-refractivity contribution >= 4 is 46.6 Å². The Morgan fingerprint density at radius 3 is 2.62 bits per heavy atom. The molecule has 0 aliphatic rings. The van der Waals surface area contributed by atoms with Crippen LogP contribution in [0, 0.1) is 5.82 Å². The van der Waals surface area contributed by atoms with Crippen molar-refractivity contribution in [2.24, 2.45) is 0 Å². The first-order valence-electron chi connectivity index (χ1n) is 8.61. The molecule has 1 aromatic heterocycles. The Bertz CT molecular complexity index is 1030. The van der Waals surface area contributed by atoms with Crippen LogP contribution in [0.2, 0.25) is 15.1 Å². The van der Waals surface area contributed by atoms with Gasteiger partial charge in [-0.25, -0.2) is 4.39 Å². The molecule has 0 fully saturated rings. The van der Waals surface area contributed by atoms with Crippen LogP contribution in [-0.2, 0) is 12.3 Å². The molecule has 0 N–H and O–H groups in total. The third-order valence-corrected chi connectivity index (χ3v) is 6.04. The molecule has 29 heavy (non-hydrogen) atoms. The number of benzene rings is 2. The Kier molecular flexibility index (Phi) is 7.46. The molecule has 3 rings (SSSR count). The van der Waals surface area contributed by atoms with Gasteiger partial charge in [0.1, 0.15) is 11.6 Å². The van der Waals surface area contributed by atoms with Crippen LogP contribution in [0.1, 0.15) is 24.4 Å². The number of halogens is 4. The van der Waals surface area contributed by atoms with E-state index in [1.807, 2.05) is 23.6 Å². The Labute approximate surface area is 187 Å². The Morgan fingerprint density at radius 2 is 1.93 bits per heavy atom. The summed E-state index contributed by atoms with van der Waals surface area (Å²) in [7, 11) is 0. The maximum atomic E-state index is 13.3. The van der Waals surface area contributed by atoms with Crippen LogP contribution in [0.3, 0.4) is 0 Å². The fourth-order valence-corrected chi connectivity index (χ4v) is 4.03. The molecule has 1 atom stereocenters. The number of allylic oxidation sites excluding steroid dienone is 1. The molecule has 1 unspecified atom stereocenters. The van der Waals surface area contributed by atoms with Gasteiger partial charge in [0, 0.05) is 12.3 Å². The summed E-state index contributed by atoms with van der Waals surface area (Å²) in [5.74, 6) is 1.21. The molecule has 9 heteroatoms. The van der Waals surface area contributed by atoms with Crippen LogP contribution in [0.5, 0.6) is 5.75 Å². The predicted octanol–water partition coefficient (Wildman–Crippen LogP) is 7.00. The number of aromatic nitrogens is 3. The first-order valence-corrected chi connectivity index (χ1v) is 10.7. The summed E-state index contributed by atoms with van der Waals surface area (Å²) < 4.78 is 21.0. The smallest absolute Gasteiger partial charge is 0.191 e. The van der Waals surface area contributed by atoms with Gasteiger partial charge in [-0.05, 0) is 42.8 Å². The molecule has 3 aromatic rings. The molecule has 0 radical (unpaired) electrons. The van der Waals surface area contributed by atoms with Gasteiger partial charge in [0.2, 0.25) is 0 Å². The maximum Gasteiger partial charge on any atom is 0.191 e. The highest BCUT2D eigenvalue weighted by Crippen LogP contribution is 2.31. The van der Waals surface area contributed by atoms with Gasteiger partial charge in [-0.15, -0.1) is 16.8 Å². The zero-order valence-electron chi connectivity index (χ0n) is 15.4. The average molecular weight is 473 g/mol. The van der Waals surface area contributed by atoms with Crippen molar-refractivity contribution in [3.8, 4) is 5.75 Å². The van der Waals surface area contributed by atoms with Gasteiger partial charge in [0.05, 0.1) is 15.1 Å². The standard InChI is InChI=1S/C20H17Cl3FN3OS/c1-3-8-27-19(12(2)28-18-7-5-14(24)10-17(18)23)25-26-20(27)29-11-13-4-6-15(21)16(22)9-13/h3-7,9-10,12H,1,8,11H2,2H3. The van der Waals surface area contributed by atoms with Crippen LogP contribution in [-0.4, -0.2) is 14.8 Å². The summed E-state index contributed by atoms with van der Waals surface area (Å²) in [6, 6.07) is 9.49. The molecule has 2 aromatic carbocycles. The van der Waals surface area contributed by atoms with Crippen LogP contribution < -0.4 is 4.74 Å². The average Bonchev–Trinajstić information content (AvgIpc) is 3.08. The van der Waals surface area contributed by atoms with Crippen molar-refractivity contribution in [2.45, 2.75) is 30.5 Å². The summed E-state index contributed by atoms with van der Waals surface area (Å²) in [5, 5.41) is 10.5. The van der Waals surface area contributed by atoms with Crippen LogP contribution >= 0.6 is 46.6 Å². The van der Waals surface area contributed by atoms with E-state index in [-0.39, 0.29) is 5.02 Å². The lowest BCUT2D eigenvalue weighted by atomic mass is 10.2. The summed E-state index contributed by atoms with van der Waals surface area (Å²) in [5.41, 5.74) is 1.02. The minimum absolute atomic E-state index is 0.195. The van der Waals surface area contributed by atoms with Gasteiger partial charge in [-0.1, -0.05) is 58.7 Å². The summed E-state index contributed by atoms with van der Waals surface area (Å²) in [4.78, 5) is 0. The quantitative estimate of drug-likeness (QED) is 0.261. The van der Waals surface area contributed by atoms with E-state index in [4.69, 9.17) is 39.5 Å². The molecular weight excluding hydrogens is 456 g/mol. The fourth-order valence-electron chi connectivity index (χ4n) is 2.60. The van der Waals surface area contributed by atoms with Gasteiger partial charge < -0.3 is 4.74 Å². The van der Waals surface area contributed by atoms with Crippen molar-refractivity contribution in [1.29, 1.82) is 0 Å². The molecule has 0 amide bonds. The van der Waals surface area contributed by atoms with Crippen molar-refractivity contribution in [3.05, 3.63) is 81.3 Å². The van der Waals surface area contributed by atoms with Crippen molar-refractivity contribution in [2.75, 3.05) is 0 Å². The van der Waals surface area contributed by atoms with Crippen molar-refractivity contribution in [3.63, 3.8) is 0 Å². The van der Waals surface area contributed by atoms with Gasteiger partial charge in [0.25, 0.3) is 0 Å². The molecule has 152 valence electrons. The van der Waals surface area contributed by atoms with E-state index in [0.717, 1.165) is 5.56 Å². The second-order valence-electron chi connectivity index (χ2n) is 6.11. The van der Waals surface area contributed by atoms with Crippen LogP contribution in [0.25, 0.3) is 0 Å². The van der Waals surface area contributed by atoms with Gasteiger partial charge in [-0.2, -0.15) is 0 Å². The largest absolute Gasteiger partial charge is 0.481 e. The van der Waals surface area contributed by atoms with Crippen LogP contribution in [0.15, 0.2) is 54.2 Å². The maximum absolute atomic E-state index is 13.3. The lowest BCUT2D eigenvalue weighted by Crippen LogP contribution is -2.12. The molecule has 4 nitrogen and oxygen atoms in total. The normalized spacial score (nSPS) is 12.0. The van der Waals surface area contributed by atoms with E-state index < -0.39 is 11.9 Å². The van der Waals surface area contributed by atoms with Gasteiger partial charge in [-0.3, -0.25) is 4.57 Å². The third kappa shape index (κ3) is 5.45. The second kappa shape index (κ2) is 9.85. The van der Waals surface area contributed by atoms with Gasteiger partial charge in [0.15, 0.2) is 17.1 Å². The first kappa shape index (κ1) is 22.0. The van der Waals surface area contributed by atoms with E-state index in [1.54, 1.807) is 12.1 Å². The van der Waals surface area contributed by atoms with Crippen molar-refractivity contribution in [1.82, 2.24) is 14.8 Å². The second-order valence-corrected chi connectivity index (χ2v) is 8.28. The van der Waals surface area contributed by atoms with Crippen LogP contribution in [0.4, 0.5) is 4.39 Å². The number of hydrogen-bond acceptors (Lipinski definition) is 4. The highest BCUT2D eigenvalue weighted by molar-refractivity contribution is 7.98. The molecule has 0 aliphatic heterocycles. The van der Waals surface area contributed by atoms with E-state index in [0.29, 0.717) is 39.1 Å². The Morgan fingerprint density at radius 1 is 1.14 bits per heavy atom. The first-order chi connectivity index (χ1) is 13.9. The fraction of sp³-hybridized carbons (Fsp3) is 0.200. The summed E-state index contributed by atoms with van der Waals surface area (Å²) in [6.07, 6.45) is 1.30. The minimum atomic E-state index is -0.454. The number of ether oxygens (including phenoxy) is 1. The highest BCUT2D eigenvalue weighted by atomic mass is 35.5. The SMILES string of the molecule is C=CCn1c(SCc2ccc(Cl)c(Cl)c2)nnc1C(C)Oc1ccc(F)cc1Cl. The molecule has 0 spiro atoms. The lowest BCUT2D eigenvalue weighted by molar-refractivity contribution is 0.210. The van der Waals surface area contributed by atoms with E-state index >= 15 is 0 Å². The van der Waals surface area contributed by atoms with E-state index in [2.05, 4.69) is 16.8 Å². The zero-order chi connectivity index (χ0) is 21.0. The number of hydrogen-bond donors (Lipinski definition) is 0.